The first kappa shape index (κ1) is 23.1. The van der Waals surface area contributed by atoms with Gasteiger partial charge in [-0.25, -0.2) is 9.59 Å². The third kappa shape index (κ3) is 3.54. The average molecular weight is 503 g/mol. The van der Waals surface area contributed by atoms with Crippen molar-refractivity contribution in [2.75, 3.05) is 19.0 Å². The molecule has 0 bridgehead atoms. The average Bonchev–Trinajstić information content (AvgIpc) is 3.18. The highest BCUT2D eigenvalue weighted by Gasteiger charge is 2.68. The maximum atomic E-state index is 13.1. The molecule has 10 heteroatoms. The molecule has 0 unspecified atom stereocenters. The van der Waals surface area contributed by atoms with Gasteiger partial charge in [-0.2, -0.15) is 0 Å². The number of likely N-dealkylation sites (tertiary alicyclic amines) is 1. The quantitative estimate of drug-likeness (QED) is 0.461. The topological polar surface area (TPSA) is 134 Å². The Kier molecular flexibility index (Phi) is 4.73. The summed E-state index contributed by atoms with van der Waals surface area (Å²) in [5.41, 5.74) is 2.51. The van der Waals surface area contributed by atoms with Crippen LogP contribution >= 0.6 is 0 Å². The molecule has 6 rings (SSSR count). The van der Waals surface area contributed by atoms with Gasteiger partial charge in [-0.05, 0) is 69.0 Å². The van der Waals surface area contributed by atoms with Crippen molar-refractivity contribution in [3.8, 4) is 0 Å². The van der Waals surface area contributed by atoms with E-state index in [1.165, 1.54) is 13.2 Å². The van der Waals surface area contributed by atoms with Gasteiger partial charge in [0.25, 0.3) is 5.91 Å². The number of benzene rings is 1. The number of allylic oxidation sites excluding steroid dienone is 2. The van der Waals surface area contributed by atoms with Crippen molar-refractivity contribution in [3.05, 3.63) is 64.8 Å². The fraction of sp³-hybridized carbons (Fsp3) is 0.333. The van der Waals surface area contributed by atoms with Crippen molar-refractivity contribution in [1.29, 1.82) is 0 Å². The minimum Gasteiger partial charge on any atom is -0.464 e. The predicted octanol–water partition coefficient (Wildman–Crippen LogP) is 4.12. The van der Waals surface area contributed by atoms with E-state index in [0.717, 1.165) is 22.9 Å². The number of aromatic amines is 2. The molecular formula is C27H26N4O6. The summed E-state index contributed by atoms with van der Waals surface area (Å²) in [6, 6.07) is 8.59. The Morgan fingerprint density at radius 2 is 1.89 bits per heavy atom. The van der Waals surface area contributed by atoms with Crippen molar-refractivity contribution in [2.24, 2.45) is 5.92 Å². The Morgan fingerprint density at radius 1 is 1.11 bits per heavy atom. The van der Waals surface area contributed by atoms with Crippen LogP contribution in [0.1, 0.15) is 64.2 Å². The number of aromatic nitrogens is 2. The molecule has 10 nitrogen and oxygen atoms in total. The number of hydrogen-bond donors (Lipinski definition) is 3. The molecule has 1 saturated carbocycles. The van der Waals surface area contributed by atoms with Gasteiger partial charge in [-0.15, -0.1) is 0 Å². The number of hydrogen-bond acceptors (Lipinski definition) is 6. The number of nitrogens with one attached hydrogen (secondary N) is 3. The summed E-state index contributed by atoms with van der Waals surface area (Å²) in [5.74, 6) is -0.988. The van der Waals surface area contributed by atoms with Gasteiger partial charge in [0.15, 0.2) is 0 Å². The van der Waals surface area contributed by atoms with Gasteiger partial charge in [-0.1, -0.05) is 0 Å². The molecule has 1 aliphatic heterocycles. The summed E-state index contributed by atoms with van der Waals surface area (Å²) in [6.07, 6.45) is 1.84. The number of ether oxygens (including phenoxy) is 2. The van der Waals surface area contributed by atoms with Gasteiger partial charge in [0, 0.05) is 40.3 Å². The smallest absolute Gasteiger partial charge is 0.414 e. The van der Waals surface area contributed by atoms with Gasteiger partial charge in [0.2, 0.25) is 5.78 Å². The first-order valence-electron chi connectivity index (χ1n) is 12.0. The van der Waals surface area contributed by atoms with Crippen LogP contribution in [0, 0.1) is 5.92 Å². The number of carbonyl (C=O) groups is 4. The number of nitrogens with zero attached hydrogens (tertiary/aromatic N) is 1. The number of methoxy groups -OCH3 is 1. The second-order valence-electron chi connectivity index (χ2n) is 10.8. The molecule has 3 aromatic rings. The zero-order valence-electron chi connectivity index (χ0n) is 20.9. The third-order valence-corrected chi connectivity index (χ3v) is 7.21. The highest BCUT2D eigenvalue weighted by atomic mass is 16.6. The van der Waals surface area contributed by atoms with E-state index in [1.54, 1.807) is 56.0 Å². The van der Waals surface area contributed by atoms with E-state index < -0.39 is 29.0 Å². The van der Waals surface area contributed by atoms with E-state index in [2.05, 4.69) is 15.3 Å². The predicted molar refractivity (Wildman–Crippen MR) is 134 cm³/mol. The zero-order chi connectivity index (χ0) is 26.3. The number of rotatable bonds is 3. The van der Waals surface area contributed by atoms with E-state index in [4.69, 9.17) is 9.47 Å². The molecular weight excluding hydrogens is 476 g/mol. The van der Waals surface area contributed by atoms with Crippen LogP contribution in [0.3, 0.4) is 0 Å². The van der Waals surface area contributed by atoms with Crippen LogP contribution in [0.4, 0.5) is 10.5 Å². The molecule has 2 aliphatic carbocycles. The fourth-order valence-corrected chi connectivity index (χ4v) is 5.54. The maximum absolute atomic E-state index is 13.1. The molecule has 3 heterocycles. The Morgan fingerprint density at radius 3 is 2.62 bits per heavy atom. The lowest BCUT2D eigenvalue weighted by Crippen LogP contribution is -2.37. The van der Waals surface area contributed by atoms with Crippen molar-refractivity contribution >= 4 is 40.3 Å². The van der Waals surface area contributed by atoms with Crippen LogP contribution < -0.4 is 5.32 Å². The summed E-state index contributed by atoms with van der Waals surface area (Å²) >= 11 is 0. The number of esters is 1. The number of ketones is 1. The largest absolute Gasteiger partial charge is 0.464 e. The van der Waals surface area contributed by atoms with E-state index in [1.807, 2.05) is 0 Å². The zero-order valence-corrected chi connectivity index (χ0v) is 20.9. The van der Waals surface area contributed by atoms with E-state index in [0.29, 0.717) is 29.3 Å². The monoisotopic (exact) mass is 502 g/mol. The van der Waals surface area contributed by atoms with E-state index >= 15 is 0 Å². The lowest BCUT2D eigenvalue weighted by atomic mass is 9.85. The summed E-state index contributed by atoms with van der Waals surface area (Å²) in [4.78, 5) is 58.3. The van der Waals surface area contributed by atoms with Crippen LogP contribution in [0.2, 0.25) is 0 Å². The fourth-order valence-electron chi connectivity index (χ4n) is 5.54. The lowest BCUT2D eigenvalue weighted by molar-refractivity contribution is 0.0321. The van der Waals surface area contributed by atoms with Crippen LogP contribution in [0.15, 0.2) is 42.1 Å². The van der Waals surface area contributed by atoms with Crippen LogP contribution in [0.5, 0.6) is 0 Å². The molecule has 2 aromatic heterocycles. The molecule has 190 valence electrons. The standard InChI is InChI=1S/C27H26N4O6/c1-26(2,3)37-25(35)31-12-14-11-27(14)16-9-18(30-22(16)20(32)10-21(27)31)23(33)28-15-5-6-17-13(7-15)8-19(29-17)24(34)36-4/h5-10,14,29-30H,11-12H2,1-4H3,(H,28,33)/t14-,27-/m0/s1. The van der Waals surface area contributed by atoms with Gasteiger partial charge >= 0.3 is 12.1 Å². The van der Waals surface area contributed by atoms with E-state index in [-0.39, 0.29) is 17.4 Å². The van der Waals surface area contributed by atoms with Crippen molar-refractivity contribution in [3.63, 3.8) is 0 Å². The highest BCUT2D eigenvalue weighted by molar-refractivity contribution is 6.11. The molecule has 1 aromatic carbocycles. The molecule has 37 heavy (non-hydrogen) atoms. The van der Waals surface area contributed by atoms with Crippen molar-refractivity contribution < 1.29 is 28.7 Å². The number of carbonyl (C=O) groups excluding carboxylic acids is 4. The third-order valence-electron chi connectivity index (χ3n) is 7.21. The van der Waals surface area contributed by atoms with Crippen LogP contribution in [-0.4, -0.2) is 57.9 Å². The summed E-state index contributed by atoms with van der Waals surface area (Å²) in [5, 5.41) is 3.59. The molecule has 2 fully saturated rings. The maximum Gasteiger partial charge on any atom is 0.414 e. The molecule has 3 aliphatic rings. The highest BCUT2D eigenvalue weighted by Crippen LogP contribution is 2.66. The number of amides is 2. The molecule has 1 saturated heterocycles. The number of fused-ring (bicyclic) bond motifs is 2. The molecule has 2 atom stereocenters. The number of H-pyrrole nitrogens is 2. The minimum absolute atomic E-state index is 0.171. The van der Waals surface area contributed by atoms with Crippen molar-refractivity contribution in [1.82, 2.24) is 14.9 Å². The molecule has 2 amide bonds. The first-order valence-corrected chi connectivity index (χ1v) is 12.0. The SMILES string of the molecule is COC(=O)c1cc2cc(NC(=O)c3cc4c([nH]3)C(=O)C=C3N(C(=O)OC(C)(C)C)C[C@@H]5C[C@@]345)ccc2[nH]1. The second kappa shape index (κ2) is 7.58. The summed E-state index contributed by atoms with van der Waals surface area (Å²) in [6.45, 7) is 5.89. The Bertz CT molecular complexity index is 1550. The Balaban J connectivity index is 1.25. The van der Waals surface area contributed by atoms with Gasteiger partial charge in [0.05, 0.1) is 12.8 Å². The van der Waals surface area contributed by atoms with Gasteiger partial charge in [0.1, 0.15) is 17.0 Å². The van der Waals surface area contributed by atoms with Gasteiger partial charge < -0.3 is 24.8 Å². The summed E-state index contributed by atoms with van der Waals surface area (Å²) in [7, 11) is 1.31. The van der Waals surface area contributed by atoms with Crippen LogP contribution in [-0.2, 0) is 14.9 Å². The summed E-state index contributed by atoms with van der Waals surface area (Å²) < 4.78 is 10.3. The molecule has 1 spiro atoms. The minimum atomic E-state index is -0.648. The second-order valence-corrected chi connectivity index (χ2v) is 10.8. The van der Waals surface area contributed by atoms with Crippen molar-refractivity contribution in [2.45, 2.75) is 38.2 Å². The molecule has 3 N–H and O–H groups in total. The number of piperidine rings is 1. The molecule has 0 radical (unpaired) electrons. The Hall–Kier alpha value is -4.34. The van der Waals surface area contributed by atoms with Crippen LogP contribution in [0.25, 0.3) is 10.9 Å². The normalized spacial score (nSPS) is 21.6. The first-order chi connectivity index (χ1) is 17.5. The Labute approximate surface area is 212 Å². The van der Waals surface area contributed by atoms with Gasteiger partial charge in [-0.3, -0.25) is 14.5 Å². The lowest BCUT2D eigenvalue weighted by Gasteiger charge is -2.30. The van der Waals surface area contributed by atoms with E-state index in [9.17, 15) is 19.2 Å². The number of anilines is 1.